The van der Waals surface area contributed by atoms with Crippen molar-refractivity contribution in [2.24, 2.45) is 5.92 Å². The van der Waals surface area contributed by atoms with Crippen molar-refractivity contribution in [1.82, 2.24) is 9.55 Å². The van der Waals surface area contributed by atoms with Crippen molar-refractivity contribution in [2.45, 2.75) is 71.8 Å². The first kappa shape index (κ1) is 12.7. The van der Waals surface area contributed by atoms with Crippen LogP contribution in [0.25, 0.3) is 0 Å². The molecule has 1 atom stereocenters. The van der Waals surface area contributed by atoms with Gasteiger partial charge >= 0.3 is 0 Å². The molecule has 1 aliphatic rings. The Kier molecular flexibility index (Phi) is 4.64. The van der Waals surface area contributed by atoms with Crippen LogP contribution < -0.4 is 0 Å². The van der Waals surface area contributed by atoms with E-state index in [4.69, 9.17) is 0 Å². The average molecular weight is 234 g/mol. The third-order valence-corrected chi connectivity index (χ3v) is 4.11. The van der Waals surface area contributed by atoms with E-state index >= 15 is 0 Å². The van der Waals surface area contributed by atoms with Gasteiger partial charge in [0, 0.05) is 12.2 Å². The second kappa shape index (κ2) is 6.23. The molecule has 0 fully saturated rings. The molecule has 1 aliphatic carbocycles. The number of unbranched alkanes of at least 4 members (excludes halogenated alkanes) is 1. The van der Waals surface area contributed by atoms with Crippen molar-refractivity contribution in [3.05, 3.63) is 17.7 Å². The minimum atomic E-state index is 0.843. The van der Waals surface area contributed by atoms with Crippen LogP contribution in [0.4, 0.5) is 0 Å². The third kappa shape index (κ3) is 3.11. The number of hydrogen-bond acceptors (Lipinski definition) is 1. The summed E-state index contributed by atoms with van der Waals surface area (Å²) in [5.74, 6) is 0.843. The second-order valence-electron chi connectivity index (χ2n) is 5.41. The van der Waals surface area contributed by atoms with Crippen LogP contribution in [0.3, 0.4) is 0 Å². The first-order chi connectivity index (χ1) is 8.35. The molecular formula is C15H26N2. The predicted molar refractivity (Wildman–Crippen MR) is 72.2 cm³/mol. The van der Waals surface area contributed by atoms with Gasteiger partial charge in [-0.05, 0) is 38.0 Å². The Balaban J connectivity index is 1.99. The maximum atomic E-state index is 4.59. The lowest BCUT2D eigenvalue weighted by Crippen LogP contribution is -2.14. The van der Waals surface area contributed by atoms with Crippen LogP contribution in [0.1, 0.15) is 63.8 Å². The molecule has 2 heteroatoms. The Labute approximate surface area is 105 Å². The highest BCUT2D eigenvalue weighted by Crippen LogP contribution is 2.22. The van der Waals surface area contributed by atoms with Gasteiger partial charge in [-0.2, -0.15) is 0 Å². The largest absolute Gasteiger partial charge is 0.334 e. The Morgan fingerprint density at radius 2 is 2.12 bits per heavy atom. The Hall–Kier alpha value is -0.790. The number of rotatable bonds is 6. The molecule has 0 amide bonds. The second-order valence-corrected chi connectivity index (χ2v) is 5.41. The van der Waals surface area contributed by atoms with E-state index in [-0.39, 0.29) is 0 Å². The third-order valence-electron chi connectivity index (χ3n) is 4.11. The summed E-state index contributed by atoms with van der Waals surface area (Å²) in [5.41, 5.74) is 2.91. The van der Waals surface area contributed by atoms with Gasteiger partial charge in [-0.25, -0.2) is 4.98 Å². The van der Waals surface area contributed by atoms with Crippen LogP contribution in [0.2, 0.25) is 0 Å². The van der Waals surface area contributed by atoms with Crippen molar-refractivity contribution in [2.75, 3.05) is 0 Å². The molecule has 2 rings (SSSR count). The summed E-state index contributed by atoms with van der Waals surface area (Å²) in [4.78, 5) is 4.59. The Morgan fingerprint density at radius 1 is 1.29 bits per heavy atom. The molecule has 96 valence electrons. The normalized spacial score (nSPS) is 16.8. The minimum absolute atomic E-state index is 0.843. The SMILES string of the molecule is CCCCC(CC)Cn1cnc2c1CCCC2. The van der Waals surface area contributed by atoms with Crippen LogP contribution >= 0.6 is 0 Å². The van der Waals surface area contributed by atoms with E-state index in [9.17, 15) is 0 Å². The van der Waals surface area contributed by atoms with E-state index in [1.54, 1.807) is 0 Å². The fourth-order valence-corrected chi connectivity index (χ4v) is 2.88. The van der Waals surface area contributed by atoms with E-state index in [1.807, 2.05) is 0 Å². The van der Waals surface area contributed by atoms with Crippen molar-refractivity contribution >= 4 is 0 Å². The number of nitrogens with zero attached hydrogens (tertiary/aromatic N) is 2. The zero-order valence-electron chi connectivity index (χ0n) is 11.4. The summed E-state index contributed by atoms with van der Waals surface area (Å²) in [7, 11) is 0. The van der Waals surface area contributed by atoms with Crippen LogP contribution in [0.5, 0.6) is 0 Å². The van der Waals surface area contributed by atoms with Crippen LogP contribution in [0, 0.1) is 5.92 Å². The standard InChI is InChI=1S/C15H26N2/c1-3-5-8-13(4-2)11-17-12-16-14-9-6-7-10-15(14)17/h12-13H,3-11H2,1-2H3. The molecule has 17 heavy (non-hydrogen) atoms. The lowest BCUT2D eigenvalue weighted by atomic mass is 9.98. The van der Waals surface area contributed by atoms with Gasteiger partial charge in [0.05, 0.1) is 12.0 Å². The Morgan fingerprint density at radius 3 is 2.88 bits per heavy atom. The van der Waals surface area contributed by atoms with Gasteiger partial charge in [0.1, 0.15) is 0 Å². The summed E-state index contributed by atoms with van der Waals surface area (Å²) < 4.78 is 2.44. The van der Waals surface area contributed by atoms with Crippen molar-refractivity contribution in [1.29, 1.82) is 0 Å². The molecule has 0 aliphatic heterocycles. The average Bonchev–Trinajstić information content (AvgIpc) is 2.78. The number of imidazole rings is 1. The Bertz CT molecular complexity index is 341. The quantitative estimate of drug-likeness (QED) is 0.728. The zero-order valence-corrected chi connectivity index (χ0v) is 11.4. The minimum Gasteiger partial charge on any atom is -0.334 e. The molecule has 0 N–H and O–H groups in total. The lowest BCUT2D eigenvalue weighted by molar-refractivity contribution is 0.383. The fourth-order valence-electron chi connectivity index (χ4n) is 2.88. The zero-order chi connectivity index (χ0) is 12.1. The van der Waals surface area contributed by atoms with Crippen LogP contribution in [-0.4, -0.2) is 9.55 Å². The molecule has 1 aromatic rings. The monoisotopic (exact) mass is 234 g/mol. The van der Waals surface area contributed by atoms with Gasteiger partial charge in [-0.15, -0.1) is 0 Å². The topological polar surface area (TPSA) is 17.8 Å². The molecule has 0 bridgehead atoms. The number of hydrogen-bond donors (Lipinski definition) is 0. The van der Waals surface area contributed by atoms with E-state index < -0.39 is 0 Å². The van der Waals surface area contributed by atoms with Crippen molar-refractivity contribution < 1.29 is 0 Å². The summed E-state index contributed by atoms with van der Waals surface area (Å²) in [6.45, 7) is 5.80. The molecular weight excluding hydrogens is 208 g/mol. The van der Waals surface area contributed by atoms with E-state index in [0.29, 0.717) is 0 Å². The lowest BCUT2D eigenvalue weighted by Gasteiger charge is -2.19. The highest BCUT2D eigenvalue weighted by Gasteiger charge is 2.16. The number of aryl methyl sites for hydroxylation is 1. The van der Waals surface area contributed by atoms with E-state index in [2.05, 4.69) is 29.7 Å². The summed E-state index contributed by atoms with van der Waals surface area (Å²) in [6.07, 6.45) is 12.6. The summed E-state index contributed by atoms with van der Waals surface area (Å²) in [6, 6.07) is 0. The van der Waals surface area contributed by atoms with Gasteiger partial charge < -0.3 is 4.57 Å². The first-order valence-electron chi connectivity index (χ1n) is 7.38. The molecule has 1 aromatic heterocycles. The number of aromatic nitrogens is 2. The van der Waals surface area contributed by atoms with Crippen molar-refractivity contribution in [3.63, 3.8) is 0 Å². The fraction of sp³-hybridized carbons (Fsp3) is 0.800. The molecule has 1 heterocycles. The molecule has 0 spiro atoms. The van der Waals surface area contributed by atoms with Gasteiger partial charge in [0.25, 0.3) is 0 Å². The van der Waals surface area contributed by atoms with Gasteiger partial charge in [-0.1, -0.05) is 33.1 Å². The van der Waals surface area contributed by atoms with Gasteiger partial charge in [-0.3, -0.25) is 0 Å². The molecule has 1 unspecified atom stereocenters. The van der Waals surface area contributed by atoms with Crippen molar-refractivity contribution in [3.8, 4) is 0 Å². The highest BCUT2D eigenvalue weighted by molar-refractivity contribution is 5.16. The maximum Gasteiger partial charge on any atom is 0.0951 e. The molecule has 0 saturated carbocycles. The number of fused-ring (bicyclic) bond motifs is 1. The predicted octanol–water partition coefficient (Wildman–Crippen LogP) is 3.98. The van der Waals surface area contributed by atoms with Crippen LogP contribution in [-0.2, 0) is 19.4 Å². The first-order valence-corrected chi connectivity index (χ1v) is 7.38. The molecule has 0 radical (unpaired) electrons. The highest BCUT2D eigenvalue weighted by atomic mass is 15.1. The maximum absolute atomic E-state index is 4.59. The van der Waals surface area contributed by atoms with E-state index in [1.165, 1.54) is 69.3 Å². The van der Waals surface area contributed by atoms with Crippen LogP contribution in [0.15, 0.2) is 6.33 Å². The smallest absolute Gasteiger partial charge is 0.0951 e. The van der Waals surface area contributed by atoms with Gasteiger partial charge in [0.15, 0.2) is 0 Å². The van der Waals surface area contributed by atoms with E-state index in [0.717, 1.165) is 5.92 Å². The molecule has 2 nitrogen and oxygen atoms in total. The molecule has 0 aromatic carbocycles. The molecule has 0 saturated heterocycles. The van der Waals surface area contributed by atoms with Gasteiger partial charge in [0.2, 0.25) is 0 Å². The summed E-state index contributed by atoms with van der Waals surface area (Å²) >= 11 is 0. The summed E-state index contributed by atoms with van der Waals surface area (Å²) in [5, 5.41) is 0.